The number of esters is 1. The number of carbonyl (C=O) groups is 1. The van der Waals surface area contributed by atoms with Crippen molar-refractivity contribution in [3.05, 3.63) is 37.7 Å². The molecule has 2 aromatic rings. The first kappa shape index (κ1) is 16.2. The molecule has 0 amide bonds. The molecule has 0 aliphatic rings. The van der Waals surface area contributed by atoms with Gasteiger partial charge in [-0.25, -0.2) is 14.6 Å². The van der Waals surface area contributed by atoms with Gasteiger partial charge in [-0.2, -0.15) is 0 Å². The lowest BCUT2D eigenvalue weighted by molar-refractivity contribution is -0.137. The number of halogens is 1. The van der Waals surface area contributed by atoms with Crippen molar-refractivity contribution in [1.29, 1.82) is 0 Å². The van der Waals surface area contributed by atoms with Crippen LogP contribution in [0.2, 0.25) is 0 Å². The second-order valence-corrected chi connectivity index (χ2v) is 5.23. The molecule has 0 unspecified atom stereocenters. The SMILES string of the molecule is CCOC(=O)/C=C/Cn1c(Br)nc2c1c(=O)n(C)c(=O)n2C. The molecule has 0 bridgehead atoms. The van der Waals surface area contributed by atoms with Crippen molar-refractivity contribution in [3.63, 3.8) is 0 Å². The van der Waals surface area contributed by atoms with Crippen LogP contribution in [0.1, 0.15) is 6.92 Å². The summed E-state index contributed by atoms with van der Waals surface area (Å²) in [7, 11) is 2.95. The Hall–Kier alpha value is -2.16. The molecular formula is C13H15BrN4O4. The molecule has 0 radical (unpaired) electrons. The molecule has 0 spiro atoms. The number of ether oxygens (including phenoxy) is 1. The molecule has 118 valence electrons. The van der Waals surface area contributed by atoms with Gasteiger partial charge in [0.2, 0.25) is 0 Å². The van der Waals surface area contributed by atoms with Crippen molar-refractivity contribution in [2.75, 3.05) is 6.61 Å². The van der Waals surface area contributed by atoms with E-state index in [-0.39, 0.29) is 17.7 Å². The zero-order valence-electron chi connectivity index (χ0n) is 12.4. The molecule has 8 nitrogen and oxygen atoms in total. The van der Waals surface area contributed by atoms with Crippen LogP contribution < -0.4 is 11.2 Å². The zero-order valence-corrected chi connectivity index (χ0v) is 14.0. The number of carbonyl (C=O) groups excluding carboxylic acids is 1. The Bertz CT molecular complexity index is 875. The Morgan fingerprint density at radius 2 is 2.00 bits per heavy atom. The molecule has 0 N–H and O–H groups in total. The average molecular weight is 371 g/mol. The molecule has 0 saturated carbocycles. The quantitative estimate of drug-likeness (QED) is 0.439. The van der Waals surface area contributed by atoms with Crippen molar-refractivity contribution >= 4 is 33.1 Å². The van der Waals surface area contributed by atoms with Crippen LogP contribution in [0.4, 0.5) is 0 Å². The average Bonchev–Trinajstić information content (AvgIpc) is 2.80. The Kier molecular flexibility index (Phi) is 4.65. The highest BCUT2D eigenvalue weighted by Gasteiger charge is 2.16. The molecule has 0 saturated heterocycles. The molecule has 2 rings (SSSR count). The molecule has 0 fully saturated rings. The van der Waals surface area contributed by atoms with Crippen molar-refractivity contribution in [2.45, 2.75) is 13.5 Å². The van der Waals surface area contributed by atoms with Gasteiger partial charge in [0.25, 0.3) is 5.56 Å². The second-order valence-electron chi connectivity index (χ2n) is 4.52. The number of nitrogens with zero attached hydrogens (tertiary/aromatic N) is 4. The Labute approximate surface area is 133 Å². The Morgan fingerprint density at radius 3 is 2.64 bits per heavy atom. The van der Waals surface area contributed by atoms with Crippen molar-refractivity contribution in [2.24, 2.45) is 14.1 Å². The summed E-state index contributed by atoms with van der Waals surface area (Å²) < 4.78 is 9.07. The minimum Gasteiger partial charge on any atom is -0.463 e. The molecule has 0 aliphatic carbocycles. The number of hydrogen-bond acceptors (Lipinski definition) is 5. The fraction of sp³-hybridized carbons (Fsp3) is 0.385. The molecule has 9 heteroatoms. The molecule has 2 aromatic heterocycles. The van der Waals surface area contributed by atoms with E-state index in [2.05, 4.69) is 20.9 Å². The van der Waals surface area contributed by atoms with Crippen molar-refractivity contribution in [3.8, 4) is 0 Å². The minimum absolute atomic E-state index is 0.239. The highest BCUT2D eigenvalue weighted by atomic mass is 79.9. The minimum atomic E-state index is -0.455. The fourth-order valence-corrected chi connectivity index (χ4v) is 2.52. The first-order valence-electron chi connectivity index (χ1n) is 6.53. The van der Waals surface area contributed by atoms with E-state index in [9.17, 15) is 14.4 Å². The summed E-state index contributed by atoms with van der Waals surface area (Å²) in [6.45, 7) is 2.25. The molecular weight excluding hydrogens is 356 g/mol. The van der Waals surface area contributed by atoms with Gasteiger partial charge in [-0.3, -0.25) is 13.9 Å². The van der Waals surface area contributed by atoms with E-state index in [1.165, 1.54) is 17.7 Å². The number of rotatable bonds is 4. The smallest absolute Gasteiger partial charge is 0.332 e. The third kappa shape index (κ3) is 2.76. The number of hydrogen-bond donors (Lipinski definition) is 0. The van der Waals surface area contributed by atoms with E-state index < -0.39 is 17.2 Å². The summed E-state index contributed by atoms with van der Waals surface area (Å²) in [5, 5.41) is 0. The van der Waals surface area contributed by atoms with Gasteiger partial charge in [0.15, 0.2) is 15.9 Å². The van der Waals surface area contributed by atoms with Crippen LogP contribution in [0.25, 0.3) is 11.2 Å². The van der Waals surface area contributed by atoms with E-state index >= 15 is 0 Å². The number of imidazole rings is 1. The lowest BCUT2D eigenvalue weighted by Gasteiger charge is -2.05. The van der Waals surface area contributed by atoms with Gasteiger partial charge in [0.05, 0.1) is 6.61 Å². The Morgan fingerprint density at radius 1 is 1.32 bits per heavy atom. The zero-order chi connectivity index (χ0) is 16.4. The van der Waals surface area contributed by atoms with Gasteiger partial charge >= 0.3 is 11.7 Å². The van der Waals surface area contributed by atoms with Gasteiger partial charge in [-0.1, -0.05) is 6.08 Å². The monoisotopic (exact) mass is 370 g/mol. The predicted molar refractivity (Wildman–Crippen MR) is 83.7 cm³/mol. The summed E-state index contributed by atoms with van der Waals surface area (Å²) in [4.78, 5) is 39.6. The number of aromatic nitrogens is 4. The number of aryl methyl sites for hydroxylation is 1. The third-order valence-corrected chi connectivity index (χ3v) is 3.74. The Balaban J connectivity index is 2.52. The van der Waals surface area contributed by atoms with Crippen LogP contribution in [-0.4, -0.2) is 31.3 Å². The maximum Gasteiger partial charge on any atom is 0.332 e. The highest BCUT2D eigenvalue weighted by molar-refractivity contribution is 9.10. The van der Waals surface area contributed by atoms with Crippen molar-refractivity contribution < 1.29 is 9.53 Å². The largest absolute Gasteiger partial charge is 0.463 e. The first-order valence-corrected chi connectivity index (χ1v) is 7.32. The second kappa shape index (κ2) is 6.30. The third-order valence-electron chi connectivity index (χ3n) is 3.13. The van der Waals surface area contributed by atoms with E-state index in [0.717, 1.165) is 4.57 Å². The van der Waals surface area contributed by atoms with E-state index in [4.69, 9.17) is 4.74 Å². The highest BCUT2D eigenvalue weighted by Crippen LogP contribution is 2.16. The molecule has 0 aromatic carbocycles. The maximum atomic E-state index is 12.3. The summed E-state index contributed by atoms with van der Waals surface area (Å²) in [5.41, 5.74) is -0.327. The van der Waals surface area contributed by atoms with Gasteiger partial charge in [0.1, 0.15) is 0 Å². The van der Waals surface area contributed by atoms with Gasteiger partial charge < -0.3 is 9.30 Å². The van der Waals surface area contributed by atoms with Crippen LogP contribution in [0.3, 0.4) is 0 Å². The first-order chi connectivity index (χ1) is 10.4. The summed E-state index contributed by atoms with van der Waals surface area (Å²) in [5.74, 6) is -0.455. The van der Waals surface area contributed by atoms with Gasteiger partial charge in [-0.15, -0.1) is 0 Å². The van der Waals surface area contributed by atoms with E-state index in [1.807, 2.05) is 0 Å². The normalized spacial score (nSPS) is 11.5. The predicted octanol–water partition coefficient (Wildman–Crippen LogP) is 0.315. The topological polar surface area (TPSA) is 88.1 Å². The van der Waals surface area contributed by atoms with Gasteiger partial charge in [-0.05, 0) is 22.9 Å². The molecule has 22 heavy (non-hydrogen) atoms. The summed E-state index contributed by atoms with van der Waals surface area (Å²) >= 11 is 3.26. The standard InChI is InChI=1S/C13H15BrN4O4/c1-4-22-8(19)6-5-7-18-9-10(15-12(18)14)16(2)13(21)17(3)11(9)20/h5-6H,4,7H2,1-3H3/b6-5+. The van der Waals surface area contributed by atoms with Gasteiger partial charge in [0, 0.05) is 26.7 Å². The number of allylic oxidation sites excluding steroid dienone is 1. The maximum absolute atomic E-state index is 12.3. The van der Waals surface area contributed by atoms with Crippen molar-refractivity contribution in [1.82, 2.24) is 18.7 Å². The number of fused-ring (bicyclic) bond motifs is 1. The van der Waals surface area contributed by atoms with Crippen LogP contribution in [0, 0.1) is 0 Å². The van der Waals surface area contributed by atoms with Crippen LogP contribution in [0.5, 0.6) is 0 Å². The fourth-order valence-electron chi connectivity index (χ4n) is 2.03. The van der Waals surface area contributed by atoms with Crippen LogP contribution in [-0.2, 0) is 30.2 Å². The van der Waals surface area contributed by atoms with Crippen LogP contribution in [0.15, 0.2) is 26.5 Å². The summed E-state index contributed by atoms with van der Waals surface area (Å²) in [6, 6.07) is 0. The van der Waals surface area contributed by atoms with E-state index in [0.29, 0.717) is 11.3 Å². The molecule has 0 aliphatic heterocycles. The molecule has 0 atom stereocenters. The lowest BCUT2D eigenvalue weighted by Crippen LogP contribution is -2.37. The summed E-state index contributed by atoms with van der Waals surface area (Å²) in [6.07, 6.45) is 2.85. The molecule has 2 heterocycles. The van der Waals surface area contributed by atoms with E-state index in [1.54, 1.807) is 24.6 Å². The lowest BCUT2D eigenvalue weighted by atomic mass is 10.4. The van der Waals surface area contributed by atoms with Crippen LogP contribution >= 0.6 is 15.9 Å².